The third-order valence-electron chi connectivity index (χ3n) is 4.29. The van der Waals surface area contributed by atoms with Crippen LogP contribution in [-0.2, 0) is 6.18 Å². The number of hydrogen-bond acceptors (Lipinski definition) is 4. The van der Waals surface area contributed by atoms with Gasteiger partial charge >= 0.3 is 6.18 Å². The molecule has 0 spiro atoms. The van der Waals surface area contributed by atoms with Crippen LogP contribution in [0, 0.1) is 11.6 Å². The molecule has 32 heavy (non-hydrogen) atoms. The van der Waals surface area contributed by atoms with Gasteiger partial charge in [-0.3, -0.25) is 4.79 Å². The van der Waals surface area contributed by atoms with E-state index in [1.54, 1.807) is 0 Å². The van der Waals surface area contributed by atoms with Crippen molar-refractivity contribution < 1.29 is 35.9 Å². The van der Waals surface area contributed by atoms with Crippen LogP contribution < -0.4 is 10.5 Å². The molecule has 1 unspecified atom stereocenters. The Bertz CT molecular complexity index is 1130. The van der Waals surface area contributed by atoms with Crippen LogP contribution in [0.5, 0.6) is 5.75 Å². The average molecular weight is 584 g/mol. The molecule has 1 heterocycles. The van der Waals surface area contributed by atoms with Crippen LogP contribution >= 0.6 is 31.9 Å². The molecule has 0 aliphatic rings. The lowest BCUT2D eigenvalue weighted by atomic mass is 10.1. The first-order valence-electron chi connectivity index (χ1n) is 8.87. The van der Waals surface area contributed by atoms with Gasteiger partial charge in [0.05, 0.1) is 17.0 Å². The van der Waals surface area contributed by atoms with E-state index in [-0.39, 0.29) is 29.3 Å². The number of aromatic nitrogens is 1. The van der Waals surface area contributed by atoms with E-state index < -0.39 is 39.7 Å². The number of carbonyl (C=O) groups is 1. The highest BCUT2D eigenvalue weighted by molar-refractivity contribution is 9.10. The number of alkyl halides is 4. The van der Waals surface area contributed by atoms with Gasteiger partial charge in [0.25, 0.3) is 5.91 Å². The summed E-state index contributed by atoms with van der Waals surface area (Å²) in [6.07, 6.45) is -4.23. The Morgan fingerprint density at radius 1 is 1.16 bits per heavy atom. The second-order valence-electron chi connectivity index (χ2n) is 6.45. The first-order valence-corrected chi connectivity index (χ1v) is 10.6. The minimum atomic E-state index is -4.45. The Kier molecular flexibility index (Phi) is 7.23. The van der Waals surface area contributed by atoms with Crippen LogP contribution in [0.15, 0.2) is 45.5 Å². The van der Waals surface area contributed by atoms with E-state index in [2.05, 4.69) is 36.8 Å². The van der Waals surface area contributed by atoms with Crippen molar-refractivity contribution in [1.29, 1.82) is 0 Å². The number of amides is 1. The molecule has 0 fully saturated rings. The van der Waals surface area contributed by atoms with Gasteiger partial charge in [0.1, 0.15) is 17.1 Å². The summed E-state index contributed by atoms with van der Waals surface area (Å²) in [5.41, 5.74) is 3.99. The Hall–Kier alpha value is -2.47. The van der Waals surface area contributed by atoms with Gasteiger partial charge in [-0.15, -0.1) is 0 Å². The number of nitrogens with two attached hydrogens (primary N) is 1. The van der Waals surface area contributed by atoms with E-state index in [9.17, 15) is 26.7 Å². The van der Waals surface area contributed by atoms with Gasteiger partial charge < -0.3 is 14.9 Å². The monoisotopic (exact) mass is 582 g/mol. The molecule has 1 atom stereocenters. The van der Waals surface area contributed by atoms with E-state index >= 15 is 0 Å². The molecule has 3 aromatic rings. The number of rotatable bonds is 7. The Balaban J connectivity index is 1.68. The topological polar surface area (TPSA) is 78.4 Å². The fraction of sp³-hybridized carbons (Fsp3) is 0.200. The SMILES string of the molecule is NC(=O)c1c(F)ccc(OCCC(Br)c2nc(-c3ccc(C(F)(F)F)cc3)c(Br)o2)c1F. The van der Waals surface area contributed by atoms with Gasteiger partial charge in [0.15, 0.2) is 16.2 Å². The summed E-state index contributed by atoms with van der Waals surface area (Å²) in [7, 11) is 0. The van der Waals surface area contributed by atoms with Gasteiger partial charge in [-0.1, -0.05) is 28.1 Å². The lowest BCUT2D eigenvalue weighted by Crippen LogP contribution is -2.16. The second-order valence-corrected chi connectivity index (χ2v) is 8.28. The van der Waals surface area contributed by atoms with Crippen LogP contribution in [-0.4, -0.2) is 17.5 Å². The quantitative estimate of drug-likeness (QED) is 0.258. The zero-order valence-corrected chi connectivity index (χ0v) is 19.0. The minimum Gasteiger partial charge on any atom is -0.490 e. The summed E-state index contributed by atoms with van der Waals surface area (Å²) >= 11 is 6.54. The van der Waals surface area contributed by atoms with Gasteiger partial charge in [-0.2, -0.15) is 13.2 Å². The van der Waals surface area contributed by atoms with Crippen molar-refractivity contribution in [2.24, 2.45) is 5.73 Å². The highest BCUT2D eigenvalue weighted by Crippen LogP contribution is 2.36. The number of benzene rings is 2. The molecule has 170 valence electrons. The summed E-state index contributed by atoms with van der Waals surface area (Å²) in [6, 6.07) is 6.32. The first kappa shape index (κ1) is 24.2. The second kappa shape index (κ2) is 9.57. The molecular formula is C20H13Br2F5N2O3. The molecule has 2 N–H and O–H groups in total. The number of halogens is 7. The molecule has 0 aliphatic heterocycles. The van der Waals surface area contributed by atoms with E-state index in [1.165, 1.54) is 12.1 Å². The Morgan fingerprint density at radius 2 is 1.81 bits per heavy atom. The van der Waals surface area contributed by atoms with Crippen LogP contribution in [0.4, 0.5) is 22.0 Å². The van der Waals surface area contributed by atoms with E-state index in [1.807, 2.05) is 0 Å². The Morgan fingerprint density at radius 3 is 2.41 bits per heavy atom. The smallest absolute Gasteiger partial charge is 0.416 e. The summed E-state index contributed by atoms with van der Waals surface area (Å²) in [5.74, 6) is -3.70. The van der Waals surface area contributed by atoms with Gasteiger partial charge in [0, 0.05) is 12.0 Å². The Labute approximate surface area is 195 Å². The summed E-state index contributed by atoms with van der Waals surface area (Å²) < 4.78 is 76.9. The van der Waals surface area contributed by atoms with Crippen LogP contribution in [0.25, 0.3) is 11.3 Å². The minimum absolute atomic E-state index is 0.0632. The molecular weight excluding hydrogens is 571 g/mol. The van der Waals surface area contributed by atoms with Gasteiger partial charge in [-0.05, 0) is 40.2 Å². The van der Waals surface area contributed by atoms with Crippen molar-refractivity contribution in [2.75, 3.05) is 6.61 Å². The van der Waals surface area contributed by atoms with E-state index in [0.717, 1.165) is 24.3 Å². The fourth-order valence-corrected chi connectivity index (χ4v) is 3.58. The van der Waals surface area contributed by atoms with Crippen molar-refractivity contribution >= 4 is 37.8 Å². The van der Waals surface area contributed by atoms with Crippen molar-refractivity contribution in [3.63, 3.8) is 0 Å². The zero-order chi connectivity index (χ0) is 23.6. The van der Waals surface area contributed by atoms with Gasteiger partial charge in [-0.25, -0.2) is 13.8 Å². The van der Waals surface area contributed by atoms with Crippen LogP contribution in [0.1, 0.15) is 33.1 Å². The van der Waals surface area contributed by atoms with Crippen LogP contribution in [0.2, 0.25) is 0 Å². The molecule has 2 aromatic carbocycles. The van der Waals surface area contributed by atoms with E-state index in [4.69, 9.17) is 14.9 Å². The molecule has 12 heteroatoms. The summed E-state index contributed by atoms with van der Waals surface area (Å²) in [5, 5.41) is 0. The maximum atomic E-state index is 14.2. The van der Waals surface area contributed by atoms with Crippen LogP contribution in [0.3, 0.4) is 0 Å². The van der Waals surface area contributed by atoms with Crippen molar-refractivity contribution in [3.05, 3.63) is 69.7 Å². The molecule has 0 bridgehead atoms. The number of carbonyl (C=O) groups excluding carboxylic acids is 1. The molecule has 0 saturated heterocycles. The van der Waals surface area contributed by atoms with Crippen molar-refractivity contribution in [3.8, 4) is 17.0 Å². The molecule has 0 saturated carbocycles. The number of primary amides is 1. The molecule has 0 radical (unpaired) electrons. The highest BCUT2D eigenvalue weighted by Gasteiger charge is 2.30. The number of ether oxygens (including phenoxy) is 1. The molecule has 3 rings (SSSR count). The number of hydrogen-bond donors (Lipinski definition) is 1. The molecule has 0 aliphatic carbocycles. The molecule has 1 amide bonds. The maximum Gasteiger partial charge on any atom is 0.416 e. The predicted octanol–water partition coefficient (Wildman–Crippen LogP) is 6.41. The molecule has 5 nitrogen and oxygen atoms in total. The predicted molar refractivity (Wildman–Crippen MR) is 111 cm³/mol. The third-order valence-corrected chi connectivity index (χ3v) is 5.67. The maximum absolute atomic E-state index is 14.2. The zero-order valence-electron chi connectivity index (χ0n) is 15.9. The normalized spacial score (nSPS) is 12.6. The van der Waals surface area contributed by atoms with Crippen molar-refractivity contribution in [1.82, 2.24) is 4.98 Å². The largest absolute Gasteiger partial charge is 0.490 e. The van der Waals surface area contributed by atoms with Crippen molar-refractivity contribution in [2.45, 2.75) is 17.4 Å². The summed E-state index contributed by atoms with van der Waals surface area (Å²) in [4.78, 5) is 15.0. The van der Waals surface area contributed by atoms with E-state index in [0.29, 0.717) is 11.3 Å². The first-order chi connectivity index (χ1) is 15.0. The third kappa shape index (κ3) is 5.29. The fourth-order valence-electron chi connectivity index (χ4n) is 2.71. The number of oxazole rings is 1. The average Bonchev–Trinajstić information content (AvgIpc) is 3.10. The highest BCUT2D eigenvalue weighted by atomic mass is 79.9. The lowest BCUT2D eigenvalue weighted by molar-refractivity contribution is -0.137. The van der Waals surface area contributed by atoms with Gasteiger partial charge in [0.2, 0.25) is 5.89 Å². The lowest BCUT2D eigenvalue weighted by Gasteiger charge is -2.11. The molecule has 1 aromatic heterocycles. The summed E-state index contributed by atoms with van der Waals surface area (Å²) in [6.45, 7) is -0.0632. The standard InChI is InChI=1S/C20H13Br2F5N2O3/c21-11(7-8-31-13-6-5-12(23)14(15(13)24)18(28)30)19-29-16(17(22)32-19)9-1-3-10(4-2-9)20(25,26)27/h1-6,11H,7-8H2,(H2,28,30). The number of nitrogens with zero attached hydrogens (tertiary/aromatic N) is 1.